The van der Waals surface area contributed by atoms with Gasteiger partial charge in [-0.3, -0.25) is 4.79 Å². The quantitative estimate of drug-likeness (QED) is 0.681. The van der Waals surface area contributed by atoms with Crippen LogP contribution in [0.5, 0.6) is 11.5 Å². The Hall–Kier alpha value is -2.08. The number of hydrogen-bond acceptors (Lipinski definition) is 5. The van der Waals surface area contributed by atoms with Crippen LogP contribution in [0.2, 0.25) is 0 Å². The van der Waals surface area contributed by atoms with Gasteiger partial charge in [0.1, 0.15) is 5.69 Å². The molecule has 1 aromatic heterocycles. The third-order valence-electron chi connectivity index (χ3n) is 4.81. The van der Waals surface area contributed by atoms with Crippen molar-refractivity contribution in [3.05, 3.63) is 39.8 Å². The zero-order chi connectivity index (χ0) is 19.4. The Morgan fingerprint density at radius 2 is 2.04 bits per heavy atom. The fourth-order valence-corrected chi connectivity index (χ4v) is 4.14. The van der Waals surface area contributed by atoms with Crippen molar-refractivity contribution in [3.63, 3.8) is 0 Å². The van der Waals surface area contributed by atoms with Crippen molar-refractivity contribution in [1.82, 2.24) is 9.88 Å². The Labute approximate surface area is 165 Å². The molecule has 3 rings (SSSR count). The van der Waals surface area contributed by atoms with Gasteiger partial charge in [0.25, 0.3) is 5.91 Å². The molecule has 1 amide bonds. The molecular weight excluding hydrogens is 360 g/mol. The second kappa shape index (κ2) is 8.74. The topological polar surface area (TPSA) is 51.7 Å². The summed E-state index contributed by atoms with van der Waals surface area (Å²) in [5.74, 6) is 1.45. The van der Waals surface area contributed by atoms with Crippen molar-refractivity contribution in [2.24, 2.45) is 0 Å². The predicted molar refractivity (Wildman–Crippen MR) is 108 cm³/mol. The van der Waals surface area contributed by atoms with Gasteiger partial charge < -0.3 is 14.4 Å². The smallest absolute Gasteiger partial charge is 0.273 e. The number of benzene rings is 1. The van der Waals surface area contributed by atoms with E-state index in [1.54, 1.807) is 7.11 Å². The molecular formula is C21H28N2O3S. The molecule has 0 radical (unpaired) electrons. The van der Waals surface area contributed by atoms with Crippen molar-refractivity contribution in [2.75, 3.05) is 7.11 Å². The van der Waals surface area contributed by atoms with Crippen LogP contribution >= 0.6 is 11.3 Å². The maximum atomic E-state index is 13.1. The Balaban J connectivity index is 1.86. The van der Waals surface area contributed by atoms with Gasteiger partial charge in [-0.15, -0.1) is 11.3 Å². The third-order valence-corrected chi connectivity index (χ3v) is 5.58. The number of amides is 1. The Morgan fingerprint density at radius 3 is 2.63 bits per heavy atom. The Morgan fingerprint density at radius 1 is 1.30 bits per heavy atom. The van der Waals surface area contributed by atoms with Gasteiger partial charge in [-0.05, 0) is 51.3 Å². The minimum atomic E-state index is 0.0217. The zero-order valence-corrected chi connectivity index (χ0v) is 17.3. The van der Waals surface area contributed by atoms with E-state index in [0.29, 0.717) is 23.7 Å². The molecule has 0 N–H and O–H groups in total. The van der Waals surface area contributed by atoms with Gasteiger partial charge in [-0.25, -0.2) is 4.98 Å². The first-order valence-corrected chi connectivity index (χ1v) is 10.4. The molecule has 1 aliphatic carbocycles. The molecule has 0 aliphatic heterocycles. The van der Waals surface area contributed by atoms with Gasteiger partial charge in [-0.2, -0.15) is 0 Å². The molecule has 6 heteroatoms. The molecule has 0 unspecified atom stereocenters. The van der Waals surface area contributed by atoms with Crippen molar-refractivity contribution in [1.29, 1.82) is 0 Å². The van der Waals surface area contributed by atoms with Crippen LogP contribution in [0.1, 0.15) is 60.6 Å². The third kappa shape index (κ3) is 4.80. The van der Waals surface area contributed by atoms with Gasteiger partial charge in [0.2, 0.25) is 0 Å². The highest BCUT2D eigenvalue weighted by atomic mass is 32.1. The fourth-order valence-electron chi connectivity index (χ4n) is 3.55. The summed E-state index contributed by atoms with van der Waals surface area (Å²) >= 11 is 1.52. The minimum Gasteiger partial charge on any atom is -0.493 e. The zero-order valence-electron chi connectivity index (χ0n) is 16.5. The fraction of sp³-hybridized carbons (Fsp3) is 0.524. The van der Waals surface area contributed by atoms with E-state index in [1.165, 1.54) is 24.2 Å². The van der Waals surface area contributed by atoms with Crippen molar-refractivity contribution >= 4 is 17.2 Å². The van der Waals surface area contributed by atoms with Gasteiger partial charge in [0, 0.05) is 18.0 Å². The monoisotopic (exact) mass is 388 g/mol. The second-order valence-corrected chi connectivity index (χ2v) is 8.34. The largest absolute Gasteiger partial charge is 0.493 e. The van der Waals surface area contributed by atoms with Gasteiger partial charge in [-0.1, -0.05) is 18.9 Å². The van der Waals surface area contributed by atoms with Crippen molar-refractivity contribution < 1.29 is 14.3 Å². The molecule has 146 valence electrons. The molecule has 2 aromatic rings. The van der Waals surface area contributed by atoms with E-state index >= 15 is 0 Å². The van der Waals surface area contributed by atoms with E-state index in [0.717, 1.165) is 23.4 Å². The van der Waals surface area contributed by atoms with E-state index < -0.39 is 0 Å². The van der Waals surface area contributed by atoms with Crippen LogP contribution < -0.4 is 9.47 Å². The van der Waals surface area contributed by atoms with Crippen LogP contribution in [0, 0.1) is 6.92 Å². The number of aryl methyl sites for hydroxylation is 1. The number of carbonyl (C=O) groups is 1. The first-order chi connectivity index (χ1) is 13.0. The lowest BCUT2D eigenvalue weighted by Crippen LogP contribution is -2.38. The number of rotatable bonds is 7. The van der Waals surface area contributed by atoms with Crippen molar-refractivity contribution in [3.8, 4) is 11.5 Å². The highest BCUT2D eigenvalue weighted by Crippen LogP contribution is 2.31. The molecule has 0 spiro atoms. The molecule has 1 saturated carbocycles. The Bertz CT molecular complexity index is 781. The molecule has 0 saturated heterocycles. The van der Waals surface area contributed by atoms with E-state index in [9.17, 15) is 4.79 Å². The highest BCUT2D eigenvalue weighted by Gasteiger charge is 2.29. The lowest BCUT2D eigenvalue weighted by atomic mass is 10.1. The number of ether oxygens (including phenoxy) is 2. The SMILES string of the molecule is COc1ccc(CN(C(=O)c2csc(C)n2)C2CCCC2)cc1OC(C)C. The predicted octanol–water partition coefficient (Wildman–Crippen LogP) is 4.83. The molecule has 27 heavy (non-hydrogen) atoms. The number of carbonyl (C=O) groups excluding carboxylic acids is 1. The van der Waals surface area contributed by atoms with E-state index in [2.05, 4.69) is 4.98 Å². The summed E-state index contributed by atoms with van der Waals surface area (Å²) in [5, 5.41) is 2.78. The summed E-state index contributed by atoms with van der Waals surface area (Å²) in [6, 6.07) is 6.18. The molecule has 0 atom stereocenters. The lowest BCUT2D eigenvalue weighted by molar-refractivity contribution is 0.0658. The average Bonchev–Trinajstić information content (AvgIpc) is 3.30. The van der Waals surface area contributed by atoms with Crippen LogP contribution in [0.3, 0.4) is 0 Å². The molecule has 0 bridgehead atoms. The van der Waals surface area contributed by atoms with Crippen molar-refractivity contribution in [2.45, 2.75) is 65.1 Å². The van der Waals surface area contributed by atoms with Crippen LogP contribution in [-0.2, 0) is 6.54 Å². The maximum Gasteiger partial charge on any atom is 0.273 e. The maximum absolute atomic E-state index is 13.1. The van der Waals surface area contributed by atoms with Crippen LogP contribution in [-0.4, -0.2) is 35.0 Å². The normalized spacial score (nSPS) is 14.6. The van der Waals surface area contributed by atoms with E-state index in [4.69, 9.17) is 9.47 Å². The first-order valence-electron chi connectivity index (χ1n) is 9.54. The Kier molecular flexibility index (Phi) is 6.37. The number of aromatic nitrogens is 1. The summed E-state index contributed by atoms with van der Waals surface area (Å²) in [7, 11) is 1.64. The summed E-state index contributed by atoms with van der Waals surface area (Å²) in [4.78, 5) is 19.5. The van der Waals surface area contributed by atoms with Crippen LogP contribution in [0.25, 0.3) is 0 Å². The lowest BCUT2D eigenvalue weighted by Gasteiger charge is -2.29. The molecule has 1 heterocycles. The molecule has 1 aromatic carbocycles. The highest BCUT2D eigenvalue weighted by molar-refractivity contribution is 7.09. The molecule has 1 fully saturated rings. The summed E-state index contributed by atoms with van der Waals surface area (Å²) in [6.45, 7) is 6.47. The summed E-state index contributed by atoms with van der Waals surface area (Å²) in [5.41, 5.74) is 1.59. The number of nitrogens with zero attached hydrogens (tertiary/aromatic N) is 2. The van der Waals surface area contributed by atoms with Gasteiger partial charge in [0.15, 0.2) is 11.5 Å². The molecule has 5 nitrogen and oxygen atoms in total. The standard InChI is InChI=1S/C21H28N2O3S/c1-14(2)26-20-11-16(9-10-19(20)25-4)12-23(17-7-5-6-8-17)21(24)18-13-27-15(3)22-18/h9-11,13-14,17H,5-8,12H2,1-4H3. The minimum absolute atomic E-state index is 0.0217. The number of methoxy groups -OCH3 is 1. The van der Waals surface area contributed by atoms with Crippen LogP contribution in [0.4, 0.5) is 0 Å². The van der Waals surface area contributed by atoms with E-state index in [1.807, 2.05) is 49.3 Å². The first kappa shape index (κ1) is 19.7. The van der Waals surface area contributed by atoms with Gasteiger partial charge >= 0.3 is 0 Å². The number of thiazole rings is 1. The summed E-state index contributed by atoms with van der Waals surface area (Å²) in [6.07, 6.45) is 4.52. The summed E-state index contributed by atoms with van der Waals surface area (Å²) < 4.78 is 11.3. The molecule has 1 aliphatic rings. The number of hydrogen-bond donors (Lipinski definition) is 0. The van der Waals surface area contributed by atoms with Gasteiger partial charge in [0.05, 0.1) is 18.2 Å². The second-order valence-electron chi connectivity index (χ2n) is 7.27. The van der Waals surface area contributed by atoms with Crippen LogP contribution in [0.15, 0.2) is 23.6 Å². The van der Waals surface area contributed by atoms with E-state index in [-0.39, 0.29) is 18.1 Å². The average molecular weight is 389 g/mol.